The average molecular weight is 425 g/mol. The van der Waals surface area contributed by atoms with E-state index in [1.54, 1.807) is 6.07 Å². The third-order valence-corrected chi connectivity index (χ3v) is 7.17. The first-order chi connectivity index (χ1) is 14.6. The summed E-state index contributed by atoms with van der Waals surface area (Å²) in [5.74, 6) is 1.10. The molecule has 1 aliphatic carbocycles. The van der Waals surface area contributed by atoms with Crippen LogP contribution in [0.3, 0.4) is 0 Å². The zero-order valence-electron chi connectivity index (χ0n) is 20.5. The minimum atomic E-state index is -0.136. The number of fused-ring (bicyclic) bond motifs is 1. The van der Waals surface area contributed by atoms with Gasteiger partial charge in [0.1, 0.15) is 5.76 Å². The molecule has 0 radical (unpaired) electrons. The molecule has 3 rings (SSSR count). The highest BCUT2D eigenvalue weighted by molar-refractivity contribution is 5.91. The largest absolute Gasteiger partial charge is 0.456 e. The number of likely N-dealkylation sites (N-methyl/N-ethyl adjacent to an activating group) is 1. The van der Waals surface area contributed by atoms with Crippen LogP contribution in [0, 0.1) is 6.92 Å². The minimum absolute atomic E-state index is 0.136. The number of nitrogens with one attached hydrogen (secondary N) is 1. The van der Waals surface area contributed by atoms with Crippen LogP contribution in [0.1, 0.15) is 93.0 Å². The van der Waals surface area contributed by atoms with E-state index in [1.165, 1.54) is 35.1 Å². The van der Waals surface area contributed by atoms with Gasteiger partial charge in [-0.05, 0) is 78.1 Å². The normalized spacial score (nSPS) is 16.9. The van der Waals surface area contributed by atoms with Gasteiger partial charge in [0.2, 0.25) is 0 Å². The fourth-order valence-corrected chi connectivity index (χ4v) is 4.69. The molecule has 1 aliphatic rings. The van der Waals surface area contributed by atoms with E-state index < -0.39 is 0 Å². The molecule has 1 heterocycles. The molecule has 4 nitrogen and oxygen atoms in total. The monoisotopic (exact) mass is 424 g/mol. The molecule has 2 aromatic rings. The number of aryl methyl sites for hydroxylation is 1. The smallest absolute Gasteiger partial charge is 0.287 e. The molecule has 1 N–H and O–H groups in total. The summed E-state index contributed by atoms with van der Waals surface area (Å²) in [4.78, 5) is 14.7. The van der Waals surface area contributed by atoms with Gasteiger partial charge in [-0.15, -0.1) is 0 Å². The molecule has 0 aliphatic heterocycles. The van der Waals surface area contributed by atoms with E-state index in [2.05, 4.69) is 70.8 Å². The van der Waals surface area contributed by atoms with Crippen molar-refractivity contribution in [1.82, 2.24) is 10.2 Å². The third kappa shape index (κ3) is 5.23. The number of amides is 1. The van der Waals surface area contributed by atoms with Crippen molar-refractivity contribution in [2.75, 3.05) is 26.2 Å². The SMILES string of the molecule is CCN(CC)CCNC(=O)c1ccc(Cc2cc3c(cc2C)C(C)(C)CCC3(C)C)o1. The van der Waals surface area contributed by atoms with Crippen LogP contribution in [-0.4, -0.2) is 37.0 Å². The van der Waals surface area contributed by atoms with Crippen molar-refractivity contribution in [2.45, 2.75) is 78.6 Å². The molecular weight excluding hydrogens is 384 g/mol. The zero-order chi connectivity index (χ0) is 22.8. The molecule has 0 fully saturated rings. The topological polar surface area (TPSA) is 45.5 Å². The number of hydrogen-bond acceptors (Lipinski definition) is 3. The molecule has 1 aromatic carbocycles. The van der Waals surface area contributed by atoms with Crippen LogP contribution >= 0.6 is 0 Å². The van der Waals surface area contributed by atoms with Gasteiger partial charge >= 0.3 is 0 Å². The first-order valence-electron chi connectivity index (χ1n) is 11.8. The van der Waals surface area contributed by atoms with Gasteiger partial charge in [0.15, 0.2) is 5.76 Å². The Hall–Kier alpha value is -2.07. The molecule has 0 atom stereocenters. The Morgan fingerprint density at radius 3 is 2.26 bits per heavy atom. The number of hydrogen-bond donors (Lipinski definition) is 1. The van der Waals surface area contributed by atoms with Gasteiger partial charge in [0, 0.05) is 19.5 Å². The predicted molar refractivity (Wildman–Crippen MR) is 128 cm³/mol. The summed E-state index contributed by atoms with van der Waals surface area (Å²) in [7, 11) is 0. The van der Waals surface area contributed by atoms with Gasteiger partial charge < -0.3 is 14.6 Å². The predicted octanol–water partition coefficient (Wildman–Crippen LogP) is 5.60. The van der Waals surface area contributed by atoms with Crippen molar-refractivity contribution in [3.8, 4) is 0 Å². The lowest BCUT2D eigenvalue weighted by atomic mass is 9.62. The molecular formula is C27H40N2O2. The number of furan rings is 1. The van der Waals surface area contributed by atoms with E-state index in [9.17, 15) is 4.79 Å². The van der Waals surface area contributed by atoms with E-state index in [1.807, 2.05) is 6.07 Å². The van der Waals surface area contributed by atoms with Crippen LogP contribution in [0.25, 0.3) is 0 Å². The second-order valence-electron chi connectivity index (χ2n) is 10.3. The molecule has 0 bridgehead atoms. The summed E-state index contributed by atoms with van der Waals surface area (Å²) in [6.07, 6.45) is 3.13. The average Bonchev–Trinajstić information content (AvgIpc) is 3.18. The van der Waals surface area contributed by atoms with Crippen molar-refractivity contribution in [3.05, 3.63) is 58.0 Å². The molecule has 0 saturated carbocycles. The van der Waals surface area contributed by atoms with E-state index in [0.29, 0.717) is 18.7 Å². The summed E-state index contributed by atoms with van der Waals surface area (Å²) in [6.45, 7) is 19.4. The van der Waals surface area contributed by atoms with Crippen LogP contribution in [0.4, 0.5) is 0 Å². The van der Waals surface area contributed by atoms with Gasteiger partial charge in [-0.2, -0.15) is 0 Å². The number of carbonyl (C=O) groups excluding carboxylic acids is 1. The molecule has 1 amide bonds. The molecule has 4 heteroatoms. The number of rotatable bonds is 8. The summed E-state index contributed by atoms with van der Waals surface area (Å²) < 4.78 is 5.93. The highest BCUT2D eigenvalue weighted by atomic mass is 16.3. The maximum Gasteiger partial charge on any atom is 0.287 e. The zero-order valence-corrected chi connectivity index (χ0v) is 20.5. The number of benzene rings is 1. The van der Waals surface area contributed by atoms with Crippen molar-refractivity contribution in [1.29, 1.82) is 0 Å². The van der Waals surface area contributed by atoms with Gasteiger partial charge in [0.25, 0.3) is 5.91 Å². The molecule has 0 spiro atoms. The Morgan fingerprint density at radius 1 is 1.03 bits per heavy atom. The molecule has 170 valence electrons. The second kappa shape index (κ2) is 9.20. The highest BCUT2D eigenvalue weighted by Gasteiger charge is 2.37. The Morgan fingerprint density at radius 2 is 1.65 bits per heavy atom. The lowest BCUT2D eigenvalue weighted by Crippen LogP contribution is -2.34. The maximum atomic E-state index is 12.5. The number of carbonyl (C=O) groups is 1. The van der Waals surface area contributed by atoms with Gasteiger partial charge in [0.05, 0.1) is 0 Å². The molecule has 31 heavy (non-hydrogen) atoms. The Bertz CT molecular complexity index is 919. The molecule has 1 aromatic heterocycles. The van der Waals surface area contributed by atoms with Crippen molar-refractivity contribution in [3.63, 3.8) is 0 Å². The van der Waals surface area contributed by atoms with Crippen LogP contribution in [0.5, 0.6) is 0 Å². The van der Waals surface area contributed by atoms with Gasteiger partial charge in [-0.1, -0.05) is 53.7 Å². The minimum Gasteiger partial charge on any atom is -0.456 e. The van der Waals surface area contributed by atoms with Crippen LogP contribution in [-0.2, 0) is 17.3 Å². The number of nitrogens with zero attached hydrogens (tertiary/aromatic N) is 1. The summed E-state index contributed by atoms with van der Waals surface area (Å²) in [5.41, 5.74) is 5.93. The lowest BCUT2D eigenvalue weighted by molar-refractivity contribution is 0.0919. The van der Waals surface area contributed by atoms with Crippen molar-refractivity contribution in [2.24, 2.45) is 0 Å². The van der Waals surface area contributed by atoms with E-state index in [-0.39, 0.29) is 16.7 Å². The highest BCUT2D eigenvalue weighted by Crippen LogP contribution is 2.46. The third-order valence-electron chi connectivity index (χ3n) is 7.17. The summed E-state index contributed by atoms with van der Waals surface area (Å²) in [6, 6.07) is 8.50. The van der Waals surface area contributed by atoms with E-state index in [4.69, 9.17) is 4.42 Å². The fourth-order valence-electron chi connectivity index (χ4n) is 4.69. The van der Waals surface area contributed by atoms with Gasteiger partial charge in [-0.25, -0.2) is 0 Å². The first-order valence-corrected chi connectivity index (χ1v) is 11.8. The van der Waals surface area contributed by atoms with Gasteiger partial charge in [-0.3, -0.25) is 4.79 Å². The van der Waals surface area contributed by atoms with Crippen molar-refractivity contribution >= 4 is 5.91 Å². The fraction of sp³-hybridized carbons (Fsp3) is 0.593. The summed E-state index contributed by atoms with van der Waals surface area (Å²) >= 11 is 0. The maximum absolute atomic E-state index is 12.5. The van der Waals surface area contributed by atoms with Crippen LogP contribution in [0.2, 0.25) is 0 Å². The molecule has 0 unspecified atom stereocenters. The van der Waals surface area contributed by atoms with E-state index >= 15 is 0 Å². The van der Waals surface area contributed by atoms with Crippen molar-refractivity contribution < 1.29 is 9.21 Å². The quantitative estimate of drug-likeness (QED) is 0.600. The Balaban J connectivity index is 1.73. The Labute approximate surface area is 188 Å². The lowest BCUT2D eigenvalue weighted by Gasteiger charge is -2.42. The molecule has 0 saturated heterocycles. The van der Waals surface area contributed by atoms with Crippen LogP contribution in [0.15, 0.2) is 28.7 Å². The first kappa shape index (κ1) is 23.6. The summed E-state index contributed by atoms with van der Waals surface area (Å²) in [5, 5.41) is 2.97. The van der Waals surface area contributed by atoms with E-state index in [0.717, 1.165) is 25.4 Å². The second-order valence-corrected chi connectivity index (χ2v) is 10.3. The Kier molecular flexibility index (Phi) is 7.00. The van der Waals surface area contributed by atoms with Crippen LogP contribution < -0.4 is 5.32 Å². The standard InChI is InChI=1S/C27H40N2O2/c1-8-29(9-2)15-14-28-25(30)24-11-10-21(31-24)17-20-18-23-22(16-19(20)3)26(4,5)12-13-27(23,6)7/h10-11,16,18H,8-9,12-15,17H2,1-7H3,(H,28,30).